The van der Waals surface area contributed by atoms with Gasteiger partial charge in [-0.25, -0.2) is 4.79 Å². The third-order valence-electron chi connectivity index (χ3n) is 8.01. The van der Waals surface area contributed by atoms with Gasteiger partial charge in [0.25, 0.3) is 0 Å². The molecule has 0 saturated carbocycles. The number of pyridine rings is 1. The number of alkyl halides is 2. The monoisotopic (exact) mass is 562 g/mol. The second kappa shape index (κ2) is 11.0. The van der Waals surface area contributed by atoms with Gasteiger partial charge in [0.1, 0.15) is 5.69 Å². The number of amides is 3. The van der Waals surface area contributed by atoms with E-state index in [9.17, 15) is 9.59 Å². The van der Waals surface area contributed by atoms with E-state index in [1.807, 2.05) is 18.7 Å². The Morgan fingerprint density at radius 3 is 2.59 bits per heavy atom. The molecule has 2 saturated heterocycles. The number of aromatic nitrogens is 1. The molecule has 39 heavy (non-hydrogen) atoms. The van der Waals surface area contributed by atoms with Crippen molar-refractivity contribution in [2.24, 2.45) is 0 Å². The molecule has 1 N–H and O–H groups in total. The molecule has 3 aliphatic rings. The van der Waals surface area contributed by atoms with Crippen LogP contribution in [0.5, 0.6) is 0 Å². The summed E-state index contributed by atoms with van der Waals surface area (Å²) in [6.45, 7) is 9.84. The fraction of sp³-hybridized carbons (Fsp3) is 0.536. The molecule has 0 spiro atoms. The van der Waals surface area contributed by atoms with Gasteiger partial charge in [-0.1, -0.05) is 44.2 Å². The van der Waals surface area contributed by atoms with E-state index in [2.05, 4.69) is 22.1 Å². The lowest BCUT2D eigenvalue weighted by Crippen LogP contribution is -2.61. The number of anilines is 1. The van der Waals surface area contributed by atoms with Gasteiger partial charge in [-0.2, -0.15) is 8.78 Å². The molecule has 3 amide bonds. The Morgan fingerprint density at radius 1 is 1.21 bits per heavy atom. The second-order valence-electron chi connectivity index (χ2n) is 11.4. The molecule has 2 atom stereocenters. The predicted molar refractivity (Wildman–Crippen MR) is 149 cm³/mol. The smallest absolute Gasteiger partial charge is 0.319 e. The van der Waals surface area contributed by atoms with E-state index >= 15 is 8.78 Å². The molecule has 5 rings (SSSR count). The van der Waals surface area contributed by atoms with Crippen LogP contribution in [0.1, 0.15) is 37.6 Å². The Morgan fingerprint density at radius 2 is 1.92 bits per heavy atom. The number of hydrogen-bond acceptors (Lipinski definition) is 5. The van der Waals surface area contributed by atoms with E-state index in [0.29, 0.717) is 45.0 Å². The normalized spacial score (nSPS) is 23.1. The Labute approximate surface area is 234 Å². The van der Waals surface area contributed by atoms with Gasteiger partial charge < -0.3 is 20.0 Å². The van der Waals surface area contributed by atoms with Crippen LogP contribution in [0.2, 0.25) is 0 Å². The first-order valence-electron chi connectivity index (χ1n) is 13.2. The highest BCUT2D eigenvalue weighted by molar-refractivity contribution is 5.97. The summed E-state index contributed by atoms with van der Waals surface area (Å²) in [5.41, 5.74) is 0.359. The van der Waals surface area contributed by atoms with Crippen LogP contribution in [0, 0.1) is 0 Å². The number of halogens is 3. The average Bonchev–Trinajstić information content (AvgIpc) is 3.35. The molecule has 0 radical (unpaired) electrons. The van der Waals surface area contributed by atoms with Crippen LogP contribution in [-0.4, -0.2) is 96.6 Å². The number of urea groups is 1. The Balaban J connectivity index is 0.00000353. The molecule has 1 aromatic carbocycles. The van der Waals surface area contributed by atoms with Crippen molar-refractivity contribution in [3.05, 3.63) is 59.4 Å². The van der Waals surface area contributed by atoms with Crippen molar-refractivity contribution in [3.8, 4) is 0 Å². The number of hydrogen-bond donors (Lipinski definition) is 1. The summed E-state index contributed by atoms with van der Waals surface area (Å²) in [4.78, 5) is 37.7. The van der Waals surface area contributed by atoms with Crippen molar-refractivity contribution in [1.82, 2.24) is 25.0 Å². The quantitative estimate of drug-likeness (QED) is 0.585. The summed E-state index contributed by atoms with van der Waals surface area (Å²) in [6.07, 6.45) is 1.50. The van der Waals surface area contributed by atoms with Gasteiger partial charge in [0.2, 0.25) is 5.91 Å². The minimum atomic E-state index is -3.29. The van der Waals surface area contributed by atoms with Crippen LogP contribution in [0.4, 0.5) is 19.3 Å². The number of benzene rings is 1. The van der Waals surface area contributed by atoms with Crippen LogP contribution < -0.4 is 10.2 Å². The number of nitrogens with zero attached hydrogens (tertiary/aromatic N) is 5. The first-order valence-corrected chi connectivity index (χ1v) is 13.2. The predicted octanol–water partition coefficient (Wildman–Crippen LogP) is 3.30. The number of nitrogens with one attached hydrogen (secondary N) is 1. The molecular formula is C28H37ClF2N6O2. The van der Waals surface area contributed by atoms with Gasteiger partial charge in [0.15, 0.2) is 0 Å². The lowest BCUT2D eigenvalue weighted by atomic mass is 9.88. The van der Waals surface area contributed by atoms with Crippen LogP contribution in [0.25, 0.3) is 0 Å². The number of fused-ring (bicyclic) bond motifs is 1. The van der Waals surface area contributed by atoms with Crippen molar-refractivity contribution in [2.75, 3.05) is 57.8 Å². The zero-order chi connectivity index (χ0) is 27.2. The molecule has 0 bridgehead atoms. The molecule has 0 unspecified atom stereocenters. The summed E-state index contributed by atoms with van der Waals surface area (Å²) in [6, 6.07) is 9.18. The SMILES string of the molecule is C[C@@H]1CN(CC(=O)N2CC(C)(C)c3cnc(C(F)(F)c4ccccc4)cc32)[C@@H](CN2CCN(C)C2=O)CN1.Cl. The minimum Gasteiger partial charge on any atom is -0.326 e. The fourth-order valence-electron chi connectivity index (χ4n) is 5.74. The number of likely N-dealkylation sites (N-methyl/N-ethyl adjacent to an activating group) is 1. The third-order valence-corrected chi connectivity index (χ3v) is 8.01. The molecule has 11 heteroatoms. The van der Waals surface area contributed by atoms with Crippen LogP contribution >= 0.6 is 12.4 Å². The van der Waals surface area contributed by atoms with Gasteiger partial charge in [-0.15, -0.1) is 12.4 Å². The van der Waals surface area contributed by atoms with E-state index in [4.69, 9.17) is 0 Å². The highest BCUT2D eigenvalue weighted by Gasteiger charge is 2.43. The van der Waals surface area contributed by atoms with Crippen molar-refractivity contribution >= 4 is 30.0 Å². The molecule has 1 aromatic heterocycles. The second-order valence-corrected chi connectivity index (χ2v) is 11.4. The van der Waals surface area contributed by atoms with Gasteiger partial charge >= 0.3 is 12.0 Å². The lowest BCUT2D eigenvalue weighted by molar-refractivity contribution is -0.120. The van der Waals surface area contributed by atoms with Gasteiger partial charge in [0, 0.05) is 81.1 Å². The van der Waals surface area contributed by atoms with Crippen molar-refractivity contribution in [2.45, 2.75) is 44.2 Å². The van der Waals surface area contributed by atoms with Crippen LogP contribution in [-0.2, 0) is 16.1 Å². The fourth-order valence-corrected chi connectivity index (χ4v) is 5.74. The maximum Gasteiger partial charge on any atom is 0.319 e. The summed E-state index contributed by atoms with van der Waals surface area (Å²) in [5, 5.41) is 3.46. The summed E-state index contributed by atoms with van der Waals surface area (Å²) < 4.78 is 30.8. The minimum absolute atomic E-state index is 0. The van der Waals surface area contributed by atoms with Gasteiger partial charge in [0.05, 0.1) is 12.2 Å². The molecular weight excluding hydrogens is 526 g/mol. The third kappa shape index (κ3) is 5.60. The zero-order valence-corrected chi connectivity index (χ0v) is 23.7. The van der Waals surface area contributed by atoms with Gasteiger partial charge in [-0.3, -0.25) is 14.7 Å². The maximum absolute atomic E-state index is 15.4. The summed E-state index contributed by atoms with van der Waals surface area (Å²) in [7, 11) is 1.79. The Hall–Kier alpha value is -2.82. The molecule has 2 aromatic rings. The zero-order valence-electron chi connectivity index (χ0n) is 22.9. The molecule has 4 heterocycles. The topological polar surface area (TPSA) is 72.0 Å². The Kier molecular flexibility index (Phi) is 8.21. The highest BCUT2D eigenvalue weighted by atomic mass is 35.5. The first kappa shape index (κ1) is 29.2. The highest BCUT2D eigenvalue weighted by Crippen LogP contribution is 2.43. The molecule has 8 nitrogen and oxygen atoms in total. The molecule has 0 aliphatic carbocycles. The standard InChI is InChI=1S/C28H36F2N6O2.ClH/c1-19-15-35(21(13-31-19)16-34-11-10-33(4)26(34)38)17-25(37)36-18-27(2,3)22-14-32-24(12-23(22)36)28(29,30)20-8-6-5-7-9-20;/h5-9,12,14,19,21,31H,10-11,13,15-18H2,1-4H3;1H/t19-,21-;/m1./s1. The molecule has 212 valence electrons. The van der Waals surface area contributed by atoms with Crippen LogP contribution in [0.15, 0.2) is 42.6 Å². The number of carbonyl (C=O) groups is 2. The molecule has 2 fully saturated rings. The Bertz CT molecular complexity index is 1210. The van der Waals surface area contributed by atoms with E-state index in [0.717, 1.165) is 5.56 Å². The average molecular weight is 563 g/mol. The summed E-state index contributed by atoms with van der Waals surface area (Å²) >= 11 is 0. The van der Waals surface area contributed by atoms with E-state index in [-0.39, 0.29) is 54.2 Å². The van der Waals surface area contributed by atoms with E-state index < -0.39 is 11.3 Å². The first-order chi connectivity index (χ1) is 18.0. The summed E-state index contributed by atoms with van der Waals surface area (Å²) in [5.74, 6) is -3.42. The largest absolute Gasteiger partial charge is 0.326 e. The lowest BCUT2D eigenvalue weighted by Gasteiger charge is -2.41. The number of piperazine rings is 1. The van der Waals surface area contributed by atoms with Gasteiger partial charge in [-0.05, 0) is 13.0 Å². The maximum atomic E-state index is 15.4. The van der Waals surface area contributed by atoms with Crippen LogP contribution in [0.3, 0.4) is 0 Å². The number of carbonyl (C=O) groups excluding carboxylic acids is 2. The molecule has 3 aliphatic heterocycles. The van der Waals surface area contributed by atoms with Crippen molar-refractivity contribution in [3.63, 3.8) is 0 Å². The van der Waals surface area contributed by atoms with Crippen molar-refractivity contribution < 1.29 is 18.4 Å². The van der Waals surface area contributed by atoms with E-state index in [1.54, 1.807) is 35.0 Å². The van der Waals surface area contributed by atoms with E-state index in [1.165, 1.54) is 24.4 Å². The van der Waals surface area contributed by atoms with Crippen molar-refractivity contribution in [1.29, 1.82) is 0 Å². The number of rotatable bonds is 6.